The first-order chi connectivity index (χ1) is 10.6. The average Bonchev–Trinajstić information content (AvgIpc) is 2.52. The van der Waals surface area contributed by atoms with E-state index in [1.165, 1.54) is 6.07 Å². The number of aliphatic imine (C=N–C) groups is 1. The van der Waals surface area contributed by atoms with E-state index in [1.54, 1.807) is 12.1 Å². The predicted octanol–water partition coefficient (Wildman–Crippen LogP) is 3.35. The number of carbonyl (C=O) groups excluding carboxylic acids is 1. The summed E-state index contributed by atoms with van der Waals surface area (Å²) in [5.41, 5.74) is 6.29. The number of para-hydroxylation sites is 2. The van der Waals surface area contributed by atoms with Gasteiger partial charge in [-0.1, -0.05) is 35.3 Å². The van der Waals surface area contributed by atoms with Gasteiger partial charge < -0.3 is 4.74 Å². The molecule has 1 aliphatic rings. The lowest BCUT2D eigenvalue weighted by Gasteiger charge is -2.18. The van der Waals surface area contributed by atoms with Gasteiger partial charge in [0.2, 0.25) is 0 Å². The number of benzene rings is 2. The van der Waals surface area contributed by atoms with E-state index in [-0.39, 0.29) is 17.5 Å². The Morgan fingerprint density at radius 3 is 2.82 bits per heavy atom. The van der Waals surface area contributed by atoms with Crippen molar-refractivity contribution in [1.29, 1.82) is 0 Å². The minimum absolute atomic E-state index is 0.242. The van der Waals surface area contributed by atoms with Crippen molar-refractivity contribution in [3.05, 3.63) is 58.1 Å². The van der Waals surface area contributed by atoms with Gasteiger partial charge in [0.05, 0.1) is 10.6 Å². The second kappa shape index (κ2) is 6.25. The van der Waals surface area contributed by atoms with Crippen LogP contribution in [0.25, 0.3) is 0 Å². The Kier molecular flexibility index (Phi) is 4.18. The molecule has 5 nitrogen and oxygen atoms in total. The largest absolute Gasteiger partial charge is 0.483 e. The van der Waals surface area contributed by atoms with Crippen LogP contribution < -0.4 is 15.6 Å². The van der Waals surface area contributed by atoms with Crippen LogP contribution in [-0.2, 0) is 0 Å². The van der Waals surface area contributed by atoms with Gasteiger partial charge in [0, 0.05) is 5.02 Å². The Morgan fingerprint density at radius 1 is 1.18 bits per heavy atom. The number of amides is 1. The minimum Gasteiger partial charge on any atom is -0.483 e. The Hall–Kier alpha value is -2.24. The van der Waals surface area contributed by atoms with Crippen molar-refractivity contribution in [2.24, 2.45) is 4.99 Å². The van der Waals surface area contributed by atoms with Gasteiger partial charge in [-0.3, -0.25) is 15.6 Å². The van der Waals surface area contributed by atoms with Crippen LogP contribution >= 0.6 is 23.2 Å². The molecule has 1 aliphatic heterocycles. The molecule has 1 amide bonds. The highest BCUT2D eigenvalue weighted by Gasteiger charge is 2.14. The third kappa shape index (κ3) is 3.16. The van der Waals surface area contributed by atoms with E-state index < -0.39 is 0 Å². The fourth-order valence-electron chi connectivity index (χ4n) is 1.93. The van der Waals surface area contributed by atoms with Crippen molar-refractivity contribution in [3.8, 4) is 5.75 Å². The van der Waals surface area contributed by atoms with Crippen LogP contribution in [-0.4, -0.2) is 18.3 Å². The van der Waals surface area contributed by atoms with E-state index in [9.17, 15) is 4.79 Å². The molecule has 0 fully saturated rings. The molecule has 0 aliphatic carbocycles. The SMILES string of the molecule is O=C(NNC1=Nc2ccccc2OC1)c1ccc(Cl)cc1Cl. The number of carbonyl (C=O) groups is 1. The highest BCUT2D eigenvalue weighted by atomic mass is 35.5. The number of halogens is 2. The van der Waals surface area contributed by atoms with Gasteiger partial charge in [-0.05, 0) is 30.3 Å². The quantitative estimate of drug-likeness (QED) is 0.785. The molecule has 7 heteroatoms. The molecule has 0 unspecified atom stereocenters. The molecule has 0 bridgehead atoms. The molecule has 2 aromatic carbocycles. The molecule has 0 atom stereocenters. The first kappa shape index (κ1) is 14.7. The lowest BCUT2D eigenvalue weighted by atomic mass is 10.2. The van der Waals surface area contributed by atoms with Gasteiger partial charge in [0.1, 0.15) is 18.0 Å². The van der Waals surface area contributed by atoms with Crippen LogP contribution in [0.15, 0.2) is 47.5 Å². The lowest BCUT2D eigenvalue weighted by molar-refractivity contribution is 0.0943. The normalized spacial score (nSPS) is 12.7. The smallest absolute Gasteiger partial charge is 0.271 e. The first-order valence-electron chi connectivity index (χ1n) is 6.44. The van der Waals surface area contributed by atoms with Crippen LogP contribution in [0.2, 0.25) is 10.0 Å². The van der Waals surface area contributed by atoms with E-state index in [2.05, 4.69) is 15.8 Å². The Morgan fingerprint density at radius 2 is 2.00 bits per heavy atom. The Bertz CT molecular complexity index is 762. The number of rotatable bonds is 1. The first-order valence-corrected chi connectivity index (χ1v) is 7.20. The number of hydrazine groups is 1. The molecular weight excluding hydrogens is 325 g/mol. The van der Waals surface area contributed by atoms with Gasteiger partial charge in [-0.15, -0.1) is 0 Å². The highest BCUT2D eigenvalue weighted by molar-refractivity contribution is 6.36. The third-order valence-corrected chi connectivity index (χ3v) is 3.53. The van der Waals surface area contributed by atoms with E-state index in [1.807, 2.05) is 24.3 Å². The second-order valence-corrected chi connectivity index (χ2v) is 5.36. The molecule has 1 heterocycles. The maximum Gasteiger partial charge on any atom is 0.271 e. The van der Waals surface area contributed by atoms with Gasteiger partial charge in [0.25, 0.3) is 5.91 Å². The third-order valence-electron chi connectivity index (χ3n) is 2.98. The van der Waals surface area contributed by atoms with E-state index in [0.29, 0.717) is 27.9 Å². The topological polar surface area (TPSA) is 62.7 Å². The minimum atomic E-state index is -0.386. The second-order valence-electron chi connectivity index (χ2n) is 4.52. The maximum absolute atomic E-state index is 12.1. The van der Waals surface area contributed by atoms with Gasteiger partial charge in [-0.2, -0.15) is 0 Å². The van der Waals surface area contributed by atoms with Gasteiger partial charge in [0.15, 0.2) is 5.84 Å². The summed E-state index contributed by atoms with van der Waals surface area (Å²) in [7, 11) is 0. The summed E-state index contributed by atoms with van der Waals surface area (Å²) >= 11 is 11.8. The number of hydrogen-bond donors (Lipinski definition) is 2. The number of nitrogens with zero attached hydrogens (tertiary/aromatic N) is 1. The Balaban J connectivity index is 1.68. The summed E-state index contributed by atoms with van der Waals surface area (Å²) in [6.07, 6.45) is 0. The summed E-state index contributed by atoms with van der Waals surface area (Å²) in [5.74, 6) is 0.820. The van der Waals surface area contributed by atoms with Gasteiger partial charge in [-0.25, -0.2) is 4.99 Å². The molecule has 112 valence electrons. The molecule has 0 radical (unpaired) electrons. The van der Waals surface area contributed by atoms with Crippen LogP contribution in [0.1, 0.15) is 10.4 Å². The standard InChI is InChI=1S/C15H11Cl2N3O2/c16-9-5-6-10(11(17)7-9)15(21)20-19-14-8-22-13-4-2-1-3-12(13)18-14/h1-7H,8H2,(H,18,19)(H,20,21). The van der Waals surface area contributed by atoms with Crippen LogP contribution in [0.3, 0.4) is 0 Å². The van der Waals surface area contributed by atoms with Crippen molar-refractivity contribution in [2.75, 3.05) is 6.61 Å². The summed E-state index contributed by atoms with van der Waals surface area (Å²) in [6.45, 7) is 0.242. The zero-order valence-corrected chi connectivity index (χ0v) is 12.8. The van der Waals surface area contributed by atoms with Crippen LogP contribution in [0, 0.1) is 0 Å². The molecule has 0 spiro atoms. The van der Waals surface area contributed by atoms with Crippen molar-refractivity contribution in [1.82, 2.24) is 10.9 Å². The number of fused-ring (bicyclic) bond motifs is 1. The number of nitrogens with one attached hydrogen (secondary N) is 2. The van der Waals surface area contributed by atoms with E-state index >= 15 is 0 Å². The molecule has 2 aromatic rings. The fourth-order valence-corrected chi connectivity index (χ4v) is 2.42. The molecule has 22 heavy (non-hydrogen) atoms. The number of hydrogen-bond acceptors (Lipinski definition) is 4. The molecule has 2 N–H and O–H groups in total. The number of amidine groups is 1. The molecule has 0 aromatic heterocycles. The van der Waals surface area contributed by atoms with E-state index in [4.69, 9.17) is 27.9 Å². The summed E-state index contributed by atoms with van der Waals surface area (Å²) in [5, 5.41) is 0.746. The predicted molar refractivity (Wildman–Crippen MR) is 86.1 cm³/mol. The van der Waals surface area contributed by atoms with Crippen LogP contribution in [0.5, 0.6) is 5.75 Å². The van der Waals surface area contributed by atoms with Crippen molar-refractivity contribution < 1.29 is 9.53 Å². The van der Waals surface area contributed by atoms with Crippen molar-refractivity contribution in [3.63, 3.8) is 0 Å². The Labute approximate surface area is 136 Å². The zero-order chi connectivity index (χ0) is 15.5. The molecular formula is C15H11Cl2N3O2. The highest BCUT2D eigenvalue weighted by Crippen LogP contribution is 2.29. The molecule has 3 rings (SSSR count). The maximum atomic E-state index is 12.1. The van der Waals surface area contributed by atoms with Gasteiger partial charge >= 0.3 is 0 Å². The van der Waals surface area contributed by atoms with Crippen LogP contribution in [0.4, 0.5) is 5.69 Å². The monoisotopic (exact) mass is 335 g/mol. The number of ether oxygens (including phenoxy) is 1. The molecule has 0 saturated carbocycles. The summed E-state index contributed by atoms with van der Waals surface area (Å²) in [4.78, 5) is 16.4. The lowest BCUT2D eigenvalue weighted by Crippen LogP contribution is -2.44. The fraction of sp³-hybridized carbons (Fsp3) is 0.0667. The summed E-state index contributed by atoms with van der Waals surface area (Å²) in [6, 6.07) is 12.1. The van der Waals surface area contributed by atoms with E-state index in [0.717, 1.165) is 0 Å². The summed E-state index contributed by atoms with van der Waals surface area (Å²) < 4.78 is 5.53. The average molecular weight is 336 g/mol. The van der Waals surface area contributed by atoms with Crippen molar-refractivity contribution >= 4 is 40.6 Å². The van der Waals surface area contributed by atoms with Crippen molar-refractivity contribution in [2.45, 2.75) is 0 Å². The molecule has 0 saturated heterocycles. The zero-order valence-electron chi connectivity index (χ0n) is 11.3.